The molecule has 0 aliphatic carbocycles. The van der Waals surface area contributed by atoms with Gasteiger partial charge in [0.2, 0.25) is 11.8 Å². The van der Waals surface area contributed by atoms with Gasteiger partial charge in [-0.1, -0.05) is 30.3 Å². The van der Waals surface area contributed by atoms with E-state index in [-0.39, 0.29) is 17.9 Å². The monoisotopic (exact) mass is 248 g/mol. The fourth-order valence-corrected chi connectivity index (χ4v) is 1.81. The van der Waals surface area contributed by atoms with E-state index in [0.717, 1.165) is 12.0 Å². The van der Waals surface area contributed by atoms with Crippen molar-refractivity contribution in [2.75, 3.05) is 13.6 Å². The van der Waals surface area contributed by atoms with Gasteiger partial charge < -0.3 is 10.2 Å². The second kappa shape index (κ2) is 6.79. The Morgan fingerprint density at radius 1 is 1.22 bits per heavy atom. The molecule has 0 bridgehead atoms. The molecule has 0 aliphatic rings. The van der Waals surface area contributed by atoms with Crippen molar-refractivity contribution in [2.24, 2.45) is 0 Å². The van der Waals surface area contributed by atoms with Gasteiger partial charge in [0.15, 0.2) is 0 Å². The maximum atomic E-state index is 11.2. The molecule has 0 heterocycles. The lowest BCUT2D eigenvalue weighted by atomic mass is 10.1. The molecule has 98 valence electrons. The van der Waals surface area contributed by atoms with E-state index in [1.807, 2.05) is 30.3 Å². The first-order valence-corrected chi connectivity index (χ1v) is 6.01. The quantitative estimate of drug-likeness (QED) is 0.851. The third-order valence-electron chi connectivity index (χ3n) is 2.76. The minimum atomic E-state index is -0.0760. The van der Waals surface area contributed by atoms with Gasteiger partial charge in [0.1, 0.15) is 0 Å². The van der Waals surface area contributed by atoms with Gasteiger partial charge in [-0.25, -0.2) is 0 Å². The number of likely N-dealkylation sites (N-methyl/N-ethyl adjacent to an activating group) is 1. The topological polar surface area (TPSA) is 49.4 Å². The van der Waals surface area contributed by atoms with Crippen molar-refractivity contribution in [3.63, 3.8) is 0 Å². The van der Waals surface area contributed by atoms with E-state index in [1.165, 1.54) is 13.8 Å². The van der Waals surface area contributed by atoms with Crippen molar-refractivity contribution in [2.45, 2.75) is 26.3 Å². The molecule has 4 nitrogen and oxygen atoms in total. The Labute approximate surface area is 108 Å². The van der Waals surface area contributed by atoms with Crippen LogP contribution in [0.4, 0.5) is 0 Å². The summed E-state index contributed by atoms with van der Waals surface area (Å²) < 4.78 is 0. The van der Waals surface area contributed by atoms with Crippen LogP contribution in [0.5, 0.6) is 0 Å². The Hall–Kier alpha value is -1.84. The number of carbonyl (C=O) groups is 2. The molecule has 1 atom stereocenters. The van der Waals surface area contributed by atoms with E-state index < -0.39 is 0 Å². The number of nitrogens with zero attached hydrogens (tertiary/aromatic N) is 1. The first-order chi connectivity index (χ1) is 8.49. The summed E-state index contributed by atoms with van der Waals surface area (Å²) in [6, 6.07) is 9.87. The van der Waals surface area contributed by atoms with Gasteiger partial charge in [-0.15, -0.1) is 0 Å². The lowest BCUT2D eigenvalue weighted by molar-refractivity contribution is -0.128. The smallest absolute Gasteiger partial charge is 0.219 e. The second-order valence-electron chi connectivity index (χ2n) is 4.49. The van der Waals surface area contributed by atoms with E-state index in [4.69, 9.17) is 0 Å². The van der Waals surface area contributed by atoms with Crippen molar-refractivity contribution >= 4 is 11.8 Å². The van der Waals surface area contributed by atoms with E-state index in [1.54, 1.807) is 11.9 Å². The molecule has 4 heteroatoms. The summed E-state index contributed by atoms with van der Waals surface area (Å²) in [6.45, 7) is 3.53. The molecule has 0 fully saturated rings. The molecule has 0 spiro atoms. The van der Waals surface area contributed by atoms with Gasteiger partial charge in [-0.3, -0.25) is 9.59 Å². The zero-order valence-electron chi connectivity index (χ0n) is 11.1. The van der Waals surface area contributed by atoms with Gasteiger partial charge in [0, 0.05) is 27.4 Å². The van der Waals surface area contributed by atoms with Crippen LogP contribution in [-0.4, -0.2) is 36.3 Å². The summed E-state index contributed by atoms with van der Waals surface area (Å²) >= 11 is 0. The van der Waals surface area contributed by atoms with Crippen LogP contribution in [0.2, 0.25) is 0 Å². The summed E-state index contributed by atoms with van der Waals surface area (Å²) in [5.41, 5.74) is 1.15. The van der Waals surface area contributed by atoms with E-state index in [2.05, 4.69) is 5.32 Å². The minimum Gasteiger partial charge on any atom is -0.351 e. The van der Waals surface area contributed by atoms with E-state index in [9.17, 15) is 9.59 Å². The molecule has 1 rings (SSSR count). The number of carbonyl (C=O) groups excluding carboxylic acids is 2. The molecular weight excluding hydrogens is 228 g/mol. The molecule has 1 aromatic carbocycles. The van der Waals surface area contributed by atoms with Gasteiger partial charge in [0.05, 0.1) is 6.04 Å². The second-order valence-corrected chi connectivity index (χ2v) is 4.49. The van der Waals surface area contributed by atoms with Crippen molar-refractivity contribution < 1.29 is 9.59 Å². The third kappa shape index (κ3) is 4.99. The molecule has 0 radical (unpaired) electrons. The van der Waals surface area contributed by atoms with Crippen molar-refractivity contribution in [1.82, 2.24) is 10.2 Å². The number of benzene rings is 1. The minimum absolute atomic E-state index is 0.00147. The van der Waals surface area contributed by atoms with Crippen LogP contribution in [0.1, 0.15) is 19.4 Å². The molecule has 0 aromatic heterocycles. The van der Waals surface area contributed by atoms with Crippen LogP contribution in [-0.2, 0) is 16.0 Å². The van der Waals surface area contributed by atoms with Crippen molar-refractivity contribution in [3.05, 3.63) is 35.9 Å². The van der Waals surface area contributed by atoms with Gasteiger partial charge >= 0.3 is 0 Å². The van der Waals surface area contributed by atoms with Crippen molar-refractivity contribution in [1.29, 1.82) is 0 Å². The van der Waals surface area contributed by atoms with Gasteiger partial charge in [0.25, 0.3) is 0 Å². The lowest BCUT2D eigenvalue weighted by Gasteiger charge is -2.24. The molecule has 2 amide bonds. The standard InChI is InChI=1S/C14H20N2O2/c1-11(17)15-14(10-16(3)12(2)18)9-13-7-5-4-6-8-13/h4-8,14H,9-10H2,1-3H3,(H,15,17)/t14-/m0/s1. The molecule has 0 saturated carbocycles. The zero-order valence-corrected chi connectivity index (χ0v) is 11.1. The fraction of sp³-hybridized carbons (Fsp3) is 0.429. The average molecular weight is 248 g/mol. The van der Waals surface area contributed by atoms with Gasteiger partial charge in [-0.05, 0) is 12.0 Å². The van der Waals surface area contributed by atoms with E-state index in [0.29, 0.717) is 6.54 Å². The van der Waals surface area contributed by atoms with E-state index >= 15 is 0 Å². The first-order valence-electron chi connectivity index (χ1n) is 6.01. The molecular formula is C14H20N2O2. The summed E-state index contributed by atoms with van der Waals surface area (Å²) in [6.07, 6.45) is 0.720. The lowest BCUT2D eigenvalue weighted by Crippen LogP contribution is -2.44. The SMILES string of the molecule is CC(=O)N[C@@H](Cc1ccccc1)CN(C)C(C)=O. The molecule has 0 saturated heterocycles. The largest absolute Gasteiger partial charge is 0.351 e. The maximum absolute atomic E-state index is 11.2. The zero-order chi connectivity index (χ0) is 13.5. The highest BCUT2D eigenvalue weighted by Gasteiger charge is 2.14. The number of hydrogen-bond acceptors (Lipinski definition) is 2. The fourth-order valence-electron chi connectivity index (χ4n) is 1.81. The van der Waals surface area contributed by atoms with Crippen LogP contribution < -0.4 is 5.32 Å². The van der Waals surface area contributed by atoms with Crippen LogP contribution >= 0.6 is 0 Å². The number of nitrogens with one attached hydrogen (secondary N) is 1. The molecule has 0 aliphatic heterocycles. The summed E-state index contributed by atoms with van der Waals surface area (Å²) in [5, 5.41) is 2.88. The van der Waals surface area contributed by atoms with Crippen molar-refractivity contribution in [3.8, 4) is 0 Å². The predicted octanol–water partition coefficient (Wildman–Crippen LogP) is 1.21. The third-order valence-corrected chi connectivity index (χ3v) is 2.76. The maximum Gasteiger partial charge on any atom is 0.219 e. The Kier molecular flexibility index (Phi) is 5.36. The summed E-state index contributed by atoms with van der Waals surface area (Å²) in [4.78, 5) is 24.0. The molecule has 18 heavy (non-hydrogen) atoms. The number of amides is 2. The average Bonchev–Trinajstić information content (AvgIpc) is 2.29. The number of rotatable bonds is 5. The normalized spacial score (nSPS) is 11.7. The Balaban J connectivity index is 2.66. The van der Waals surface area contributed by atoms with Crippen LogP contribution in [0.25, 0.3) is 0 Å². The molecule has 1 N–H and O–H groups in total. The Morgan fingerprint density at radius 3 is 2.33 bits per heavy atom. The highest BCUT2D eigenvalue weighted by atomic mass is 16.2. The van der Waals surface area contributed by atoms with Crippen LogP contribution in [0.3, 0.4) is 0 Å². The highest BCUT2D eigenvalue weighted by Crippen LogP contribution is 2.04. The highest BCUT2D eigenvalue weighted by molar-refractivity contribution is 5.74. The molecule has 1 aromatic rings. The predicted molar refractivity (Wildman–Crippen MR) is 71.1 cm³/mol. The van der Waals surface area contributed by atoms with Crippen LogP contribution in [0.15, 0.2) is 30.3 Å². The molecule has 0 unspecified atom stereocenters. The number of hydrogen-bond donors (Lipinski definition) is 1. The Bertz CT molecular complexity index is 404. The first kappa shape index (κ1) is 14.2. The van der Waals surface area contributed by atoms with Crippen LogP contribution in [0, 0.1) is 0 Å². The summed E-state index contributed by atoms with van der Waals surface area (Å²) in [7, 11) is 1.74. The Morgan fingerprint density at radius 2 is 1.83 bits per heavy atom. The van der Waals surface area contributed by atoms with Gasteiger partial charge in [-0.2, -0.15) is 0 Å². The summed E-state index contributed by atoms with van der Waals surface area (Å²) in [5.74, 6) is -0.0775.